The third-order valence-corrected chi connectivity index (χ3v) is 1.70. The molecule has 14 heavy (non-hydrogen) atoms. The van der Waals surface area contributed by atoms with Gasteiger partial charge in [-0.15, -0.1) is 0 Å². The molecule has 0 radical (unpaired) electrons. The zero-order valence-electron chi connectivity index (χ0n) is 7.71. The van der Waals surface area contributed by atoms with Gasteiger partial charge in [-0.05, 0) is 12.1 Å². The number of rotatable bonds is 5. The van der Waals surface area contributed by atoms with Crippen LogP contribution in [0.25, 0.3) is 0 Å². The van der Waals surface area contributed by atoms with Gasteiger partial charge in [0.25, 0.3) is 6.43 Å². The fourth-order valence-electron chi connectivity index (χ4n) is 1.01. The van der Waals surface area contributed by atoms with Crippen molar-refractivity contribution in [2.75, 3.05) is 18.8 Å². The van der Waals surface area contributed by atoms with Gasteiger partial charge in [-0.25, -0.2) is 8.78 Å². The highest BCUT2D eigenvalue weighted by Crippen LogP contribution is 2.01. The molecule has 3 nitrogen and oxygen atoms in total. The van der Waals surface area contributed by atoms with Crippen LogP contribution in [-0.4, -0.2) is 24.5 Å². The van der Waals surface area contributed by atoms with E-state index in [9.17, 15) is 8.78 Å². The number of nitrogens with one attached hydrogen (secondary N) is 1. The molecule has 0 saturated heterocycles. The number of nitrogens with zero attached hydrogens (tertiary/aromatic N) is 1. The Morgan fingerprint density at radius 2 is 2.21 bits per heavy atom. The van der Waals surface area contributed by atoms with E-state index in [1.165, 1.54) is 0 Å². The van der Waals surface area contributed by atoms with Gasteiger partial charge < -0.3 is 11.1 Å². The van der Waals surface area contributed by atoms with E-state index in [4.69, 9.17) is 5.73 Å². The first-order chi connectivity index (χ1) is 6.68. The molecule has 0 aromatic carbocycles. The van der Waals surface area contributed by atoms with E-state index < -0.39 is 6.43 Å². The fourth-order valence-corrected chi connectivity index (χ4v) is 1.01. The quantitative estimate of drug-likeness (QED) is 0.700. The molecule has 0 aliphatic rings. The summed E-state index contributed by atoms with van der Waals surface area (Å²) in [5.41, 5.74) is 6.90. The molecular weight excluding hydrogens is 188 g/mol. The molecule has 1 rings (SSSR count). The molecule has 0 amide bonds. The second-order valence-corrected chi connectivity index (χ2v) is 2.93. The predicted octanol–water partition coefficient (Wildman–Crippen LogP) is 1.06. The van der Waals surface area contributed by atoms with Crippen LogP contribution in [0.4, 0.5) is 14.5 Å². The minimum Gasteiger partial charge on any atom is -0.397 e. The van der Waals surface area contributed by atoms with Crippen LogP contribution < -0.4 is 11.1 Å². The van der Waals surface area contributed by atoms with Crippen molar-refractivity contribution in [1.82, 2.24) is 10.3 Å². The molecule has 0 fully saturated rings. The number of pyridine rings is 1. The fraction of sp³-hybridized carbons (Fsp3) is 0.444. The molecule has 3 N–H and O–H groups in total. The Labute approximate surface area is 81.3 Å². The Kier molecular flexibility index (Phi) is 4.25. The molecule has 5 heteroatoms. The Hall–Kier alpha value is -1.23. The summed E-state index contributed by atoms with van der Waals surface area (Å²) in [5, 5.41) is 2.63. The lowest BCUT2D eigenvalue weighted by atomic mass is 10.2. The lowest BCUT2D eigenvalue weighted by Crippen LogP contribution is -2.23. The minimum absolute atomic E-state index is 0.269. The maximum absolute atomic E-state index is 11.7. The number of hydrogen-bond acceptors (Lipinski definition) is 3. The molecule has 0 bridgehead atoms. The molecule has 78 valence electrons. The SMILES string of the molecule is Nc1ccc(CCNCC(F)F)nc1. The minimum atomic E-state index is -2.30. The van der Waals surface area contributed by atoms with Crippen molar-refractivity contribution < 1.29 is 8.78 Å². The van der Waals surface area contributed by atoms with E-state index in [0.717, 1.165) is 5.69 Å². The number of alkyl halides is 2. The lowest BCUT2D eigenvalue weighted by Gasteiger charge is -2.03. The van der Waals surface area contributed by atoms with Crippen molar-refractivity contribution in [2.45, 2.75) is 12.8 Å². The van der Waals surface area contributed by atoms with E-state index in [-0.39, 0.29) is 6.54 Å². The van der Waals surface area contributed by atoms with Gasteiger partial charge >= 0.3 is 0 Å². The van der Waals surface area contributed by atoms with Gasteiger partial charge in [-0.3, -0.25) is 4.98 Å². The van der Waals surface area contributed by atoms with Gasteiger partial charge in [0, 0.05) is 18.7 Å². The Morgan fingerprint density at radius 3 is 2.79 bits per heavy atom. The van der Waals surface area contributed by atoms with E-state index in [2.05, 4.69) is 10.3 Å². The Balaban J connectivity index is 2.21. The van der Waals surface area contributed by atoms with Gasteiger partial charge in [0.2, 0.25) is 0 Å². The molecule has 0 spiro atoms. The number of aromatic nitrogens is 1. The highest BCUT2D eigenvalue weighted by Gasteiger charge is 2.00. The van der Waals surface area contributed by atoms with E-state index in [1.807, 2.05) is 0 Å². The van der Waals surface area contributed by atoms with Crippen LogP contribution in [0.15, 0.2) is 18.3 Å². The van der Waals surface area contributed by atoms with Crippen LogP contribution in [0.2, 0.25) is 0 Å². The summed E-state index contributed by atoms with van der Waals surface area (Å²) in [5.74, 6) is 0. The number of halogens is 2. The second kappa shape index (κ2) is 5.49. The summed E-state index contributed by atoms with van der Waals surface area (Å²) in [6, 6.07) is 3.54. The van der Waals surface area contributed by atoms with Crippen molar-refractivity contribution in [3.63, 3.8) is 0 Å². The smallest absolute Gasteiger partial charge is 0.250 e. The maximum Gasteiger partial charge on any atom is 0.250 e. The van der Waals surface area contributed by atoms with E-state index in [0.29, 0.717) is 18.7 Å². The second-order valence-electron chi connectivity index (χ2n) is 2.93. The predicted molar refractivity (Wildman–Crippen MR) is 51.2 cm³/mol. The summed E-state index contributed by atoms with van der Waals surface area (Å²) in [4.78, 5) is 4.04. The van der Waals surface area contributed by atoms with Crippen LogP contribution in [0.1, 0.15) is 5.69 Å². The summed E-state index contributed by atoms with van der Waals surface area (Å²) < 4.78 is 23.4. The summed E-state index contributed by atoms with van der Waals surface area (Å²) >= 11 is 0. The van der Waals surface area contributed by atoms with Crippen LogP contribution in [-0.2, 0) is 6.42 Å². The Bertz CT molecular complexity index is 261. The number of nitrogens with two attached hydrogens (primary N) is 1. The summed E-state index contributed by atoms with van der Waals surface area (Å²) in [6.07, 6.45) is -0.107. The molecule has 0 aliphatic heterocycles. The Morgan fingerprint density at radius 1 is 1.43 bits per heavy atom. The maximum atomic E-state index is 11.7. The van der Waals surface area contributed by atoms with Gasteiger partial charge in [-0.1, -0.05) is 0 Å². The van der Waals surface area contributed by atoms with Crippen LogP contribution >= 0.6 is 0 Å². The molecule has 0 unspecified atom stereocenters. The highest BCUT2D eigenvalue weighted by molar-refractivity contribution is 5.34. The first-order valence-electron chi connectivity index (χ1n) is 4.38. The standard InChI is InChI=1S/C9H13F2N3/c10-9(11)6-13-4-3-8-2-1-7(12)5-14-8/h1-2,5,9,13H,3-4,6,12H2. The zero-order chi connectivity index (χ0) is 10.4. The van der Waals surface area contributed by atoms with Gasteiger partial charge in [0.1, 0.15) is 0 Å². The van der Waals surface area contributed by atoms with Crippen LogP contribution in [0, 0.1) is 0 Å². The summed E-state index contributed by atoms with van der Waals surface area (Å²) in [7, 11) is 0. The first-order valence-corrected chi connectivity index (χ1v) is 4.38. The van der Waals surface area contributed by atoms with Crippen molar-refractivity contribution in [2.24, 2.45) is 0 Å². The van der Waals surface area contributed by atoms with Crippen molar-refractivity contribution in [1.29, 1.82) is 0 Å². The average molecular weight is 201 g/mol. The van der Waals surface area contributed by atoms with E-state index in [1.54, 1.807) is 18.3 Å². The van der Waals surface area contributed by atoms with E-state index >= 15 is 0 Å². The lowest BCUT2D eigenvalue weighted by molar-refractivity contribution is 0.146. The largest absolute Gasteiger partial charge is 0.397 e. The third kappa shape index (κ3) is 4.13. The van der Waals surface area contributed by atoms with Gasteiger partial charge in [0.05, 0.1) is 18.4 Å². The first kappa shape index (κ1) is 10.8. The van der Waals surface area contributed by atoms with Crippen molar-refractivity contribution >= 4 is 5.69 Å². The third-order valence-electron chi connectivity index (χ3n) is 1.70. The van der Waals surface area contributed by atoms with Crippen LogP contribution in [0.5, 0.6) is 0 Å². The molecule has 1 aromatic rings. The zero-order valence-corrected chi connectivity index (χ0v) is 7.71. The number of nitrogen functional groups attached to an aromatic ring is 1. The topological polar surface area (TPSA) is 50.9 Å². The highest BCUT2D eigenvalue weighted by atomic mass is 19.3. The normalized spacial score (nSPS) is 10.8. The number of anilines is 1. The molecule has 1 aromatic heterocycles. The van der Waals surface area contributed by atoms with Crippen molar-refractivity contribution in [3.05, 3.63) is 24.0 Å². The number of hydrogen-bond donors (Lipinski definition) is 2. The summed E-state index contributed by atoms with van der Waals surface area (Å²) in [6.45, 7) is 0.232. The molecule has 1 heterocycles. The van der Waals surface area contributed by atoms with Gasteiger partial charge in [-0.2, -0.15) is 0 Å². The monoisotopic (exact) mass is 201 g/mol. The van der Waals surface area contributed by atoms with Gasteiger partial charge in [0.15, 0.2) is 0 Å². The molecule has 0 aliphatic carbocycles. The molecule has 0 atom stereocenters. The molecular formula is C9H13F2N3. The van der Waals surface area contributed by atoms with Crippen molar-refractivity contribution in [3.8, 4) is 0 Å². The van der Waals surface area contributed by atoms with Crippen LogP contribution in [0.3, 0.4) is 0 Å². The molecule has 0 saturated carbocycles. The average Bonchev–Trinajstić information content (AvgIpc) is 2.15.